The van der Waals surface area contributed by atoms with Gasteiger partial charge >= 0.3 is 0 Å². The van der Waals surface area contributed by atoms with Gasteiger partial charge in [0.05, 0.1) is 29.7 Å². The predicted molar refractivity (Wildman–Crippen MR) is 90.0 cm³/mol. The Labute approximate surface area is 141 Å². The van der Waals surface area contributed by atoms with E-state index in [1.807, 2.05) is 6.07 Å². The second-order valence-corrected chi connectivity index (χ2v) is 6.55. The Bertz CT molecular complexity index is 810. The van der Waals surface area contributed by atoms with Gasteiger partial charge in [0.15, 0.2) is 5.82 Å². The summed E-state index contributed by atoms with van der Waals surface area (Å²) >= 11 is 2.38. The van der Waals surface area contributed by atoms with Crippen LogP contribution >= 0.6 is 23.5 Å². The maximum Gasteiger partial charge on any atom is 0.251 e. The molecule has 2 aromatic heterocycles. The van der Waals surface area contributed by atoms with E-state index in [1.165, 1.54) is 11.7 Å². The highest BCUT2D eigenvalue weighted by Crippen LogP contribution is 2.19. The van der Waals surface area contributed by atoms with Gasteiger partial charge in [0.25, 0.3) is 5.91 Å². The number of amides is 1. The molecule has 1 aliphatic rings. The van der Waals surface area contributed by atoms with E-state index in [1.54, 1.807) is 18.3 Å². The number of hydrogen-bond donors (Lipinski definition) is 1. The fraction of sp³-hybridized carbons (Fsp3) is 0.357. The van der Waals surface area contributed by atoms with Gasteiger partial charge in [-0.3, -0.25) is 4.79 Å². The lowest BCUT2D eigenvalue weighted by molar-refractivity contribution is 0.0931. The summed E-state index contributed by atoms with van der Waals surface area (Å²) in [6.45, 7) is 1.76. The fourth-order valence-electron chi connectivity index (χ4n) is 2.74. The van der Waals surface area contributed by atoms with Crippen molar-refractivity contribution in [2.75, 3.05) is 18.0 Å². The quantitative estimate of drug-likeness (QED) is 0.780. The molecule has 1 amide bonds. The molecule has 0 bridgehead atoms. The van der Waals surface area contributed by atoms with Crippen molar-refractivity contribution in [3.8, 4) is 0 Å². The van der Waals surface area contributed by atoms with E-state index in [0.717, 1.165) is 54.5 Å². The van der Waals surface area contributed by atoms with Gasteiger partial charge in [-0.15, -0.1) is 0 Å². The average Bonchev–Trinajstić information content (AvgIpc) is 3.26. The number of piperidine rings is 1. The monoisotopic (exact) mass is 346 g/mol. The highest BCUT2D eigenvalue weighted by molar-refractivity contribution is 7.00. The first kappa shape index (κ1) is 14.5. The summed E-state index contributed by atoms with van der Waals surface area (Å²) < 4.78 is 16.6. The van der Waals surface area contributed by atoms with Crippen LogP contribution in [-0.4, -0.2) is 42.5 Å². The number of nitrogens with one attached hydrogen (secondary N) is 1. The van der Waals surface area contributed by atoms with Crippen molar-refractivity contribution in [3.63, 3.8) is 0 Å². The van der Waals surface area contributed by atoms with Crippen molar-refractivity contribution in [2.45, 2.75) is 18.9 Å². The van der Waals surface area contributed by atoms with Gasteiger partial charge in [-0.1, -0.05) is 0 Å². The van der Waals surface area contributed by atoms with E-state index in [-0.39, 0.29) is 11.9 Å². The molecule has 0 atom stereocenters. The van der Waals surface area contributed by atoms with Gasteiger partial charge in [-0.25, -0.2) is 0 Å². The number of benzene rings is 1. The number of rotatable bonds is 3. The molecular weight excluding hydrogens is 332 g/mol. The molecule has 0 aliphatic carbocycles. The molecule has 0 saturated carbocycles. The van der Waals surface area contributed by atoms with Crippen molar-refractivity contribution in [3.05, 3.63) is 30.0 Å². The van der Waals surface area contributed by atoms with E-state index in [4.69, 9.17) is 0 Å². The van der Waals surface area contributed by atoms with Crippen molar-refractivity contribution in [1.29, 1.82) is 0 Å². The molecule has 118 valence electrons. The molecule has 3 aromatic rings. The molecular formula is C14H14N6OS2. The van der Waals surface area contributed by atoms with E-state index in [2.05, 4.69) is 27.7 Å². The molecule has 4 rings (SSSR count). The van der Waals surface area contributed by atoms with Crippen LogP contribution in [0, 0.1) is 0 Å². The Morgan fingerprint density at radius 1 is 1.13 bits per heavy atom. The zero-order valence-corrected chi connectivity index (χ0v) is 13.8. The number of carbonyl (C=O) groups is 1. The molecule has 1 fully saturated rings. The largest absolute Gasteiger partial charge is 0.354 e. The molecule has 1 aromatic carbocycles. The second-order valence-electron chi connectivity index (χ2n) is 5.47. The molecule has 0 spiro atoms. The fourth-order valence-corrected chi connectivity index (χ4v) is 3.70. The Balaban J connectivity index is 1.37. The summed E-state index contributed by atoms with van der Waals surface area (Å²) in [7, 11) is 0. The van der Waals surface area contributed by atoms with E-state index in [0.29, 0.717) is 5.56 Å². The van der Waals surface area contributed by atoms with Crippen molar-refractivity contribution >= 4 is 46.2 Å². The highest BCUT2D eigenvalue weighted by Gasteiger charge is 2.22. The van der Waals surface area contributed by atoms with Crippen LogP contribution in [0.3, 0.4) is 0 Å². The summed E-state index contributed by atoms with van der Waals surface area (Å²) in [6, 6.07) is 5.62. The molecule has 1 N–H and O–H groups in total. The average molecular weight is 346 g/mol. The number of hydrogen-bond acceptors (Lipinski definition) is 8. The van der Waals surface area contributed by atoms with Crippen LogP contribution in [0.2, 0.25) is 0 Å². The summed E-state index contributed by atoms with van der Waals surface area (Å²) in [5, 5.41) is 3.11. The minimum Gasteiger partial charge on any atom is -0.354 e. The second kappa shape index (κ2) is 6.17. The minimum absolute atomic E-state index is 0.0475. The highest BCUT2D eigenvalue weighted by atomic mass is 32.1. The third-order valence-electron chi connectivity index (χ3n) is 4.02. The van der Waals surface area contributed by atoms with Crippen LogP contribution in [0.4, 0.5) is 5.82 Å². The summed E-state index contributed by atoms with van der Waals surface area (Å²) in [5.41, 5.74) is 2.24. The van der Waals surface area contributed by atoms with E-state index < -0.39 is 0 Å². The number of aromatic nitrogens is 4. The van der Waals surface area contributed by atoms with Gasteiger partial charge in [-0.2, -0.15) is 17.5 Å². The van der Waals surface area contributed by atoms with Gasteiger partial charge in [0.1, 0.15) is 11.0 Å². The third-order valence-corrected chi connectivity index (χ3v) is 5.04. The standard InChI is InChI=1S/C14H14N6OS2/c21-14(9-1-2-11-12(7-9)18-23-17-11)16-10-3-5-20(6-4-10)13-8-15-22-19-13/h1-2,7-8,10H,3-6H2,(H,16,21). The Kier molecular flexibility index (Phi) is 3.88. The number of fused-ring (bicyclic) bond motifs is 1. The van der Waals surface area contributed by atoms with Crippen LogP contribution in [0.5, 0.6) is 0 Å². The first-order valence-electron chi connectivity index (χ1n) is 7.35. The lowest BCUT2D eigenvalue weighted by Crippen LogP contribution is -2.44. The van der Waals surface area contributed by atoms with Crippen molar-refractivity contribution < 1.29 is 4.79 Å². The molecule has 1 saturated heterocycles. The molecule has 0 unspecified atom stereocenters. The van der Waals surface area contributed by atoms with E-state index in [9.17, 15) is 4.79 Å². The number of carbonyl (C=O) groups excluding carboxylic acids is 1. The first-order valence-corrected chi connectivity index (χ1v) is 8.81. The van der Waals surface area contributed by atoms with Gasteiger partial charge in [-0.05, 0) is 31.0 Å². The predicted octanol–water partition coefficient (Wildman–Crippen LogP) is 1.94. The molecule has 23 heavy (non-hydrogen) atoms. The van der Waals surface area contributed by atoms with Crippen molar-refractivity contribution in [1.82, 2.24) is 22.8 Å². The first-order chi connectivity index (χ1) is 11.3. The topological polar surface area (TPSA) is 83.9 Å². The lowest BCUT2D eigenvalue weighted by atomic mass is 10.0. The SMILES string of the molecule is O=C(NC1CCN(c2cnsn2)CC1)c1ccc2nsnc2c1. The molecule has 9 heteroatoms. The van der Waals surface area contributed by atoms with Crippen LogP contribution in [0.25, 0.3) is 11.0 Å². The molecule has 0 radical (unpaired) electrons. The number of nitrogens with zero attached hydrogens (tertiary/aromatic N) is 5. The minimum atomic E-state index is -0.0475. The summed E-state index contributed by atoms with van der Waals surface area (Å²) in [4.78, 5) is 14.6. The zero-order valence-electron chi connectivity index (χ0n) is 12.2. The maximum absolute atomic E-state index is 12.4. The van der Waals surface area contributed by atoms with Gasteiger partial charge < -0.3 is 10.2 Å². The summed E-state index contributed by atoms with van der Waals surface area (Å²) in [6.07, 6.45) is 3.61. The summed E-state index contributed by atoms with van der Waals surface area (Å²) in [5.74, 6) is 0.884. The Morgan fingerprint density at radius 2 is 1.96 bits per heavy atom. The zero-order chi connectivity index (χ0) is 15.6. The third kappa shape index (κ3) is 3.02. The van der Waals surface area contributed by atoms with Gasteiger partial charge in [0, 0.05) is 24.7 Å². The van der Waals surface area contributed by atoms with Crippen LogP contribution in [-0.2, 0) is 0 Å². The van der Waals surface area contributed by atoms with Crippen LogP contribution < -0.4 is 10.2 Å². The molecule has 1 aliphatic heterocycles. The Hall–Kier alpha value is -2.13. The van der Waals surface area contributed by atoms with Crippen LogP contribution in [0.15, 0.2) is 24.4 Å². The van der Waals surface area contributed by atoms with E-state index >= 15 is 0 Å². The lowest BCUT2D eigenvalue weighted by Gasteiger charge is -2.32. The van der Waals surface area contributed by atoms with Gasteiger partial charge in [0.2, 0.25) is 0 Å². The molecule has 7 nitrogen and oxygen atoms in total. The maximum atomic E-state index is 12.4. The van der Waals surface area contributed by atoms with Crippen molar-refractivity contribution in [2.24, 2.45) is 0 Å². The Morgan fingerprint density at radius 3 is 2.74 bits per heavy atom. The van der Waals surface area contributed by atoms with Crippen LogP contribution in [0.1, 0.15) is 23.2 Å². The number of anilines is 1. The molecule has 3 heterocycles. The normalized spacial score (nSPS) is 15.9. The smallest absolute Gasteiger partial charge is 0.251 e.